The van der Waals surface area contributed by atoms with Gasteiger partial charge in [-0.05, 0) is 55.3 Å². The van der Waals surface area contributed by atoms with Gasteiger partial charge in [0.2, 0.25) is 10.0 Å². The summed E-state index contributed by atoms with van der Waals surface area (Å²) in [6.07, 6.45) is 1.25. The Morgan fingerprint density at radius 3 is 2.52 bits per heavy atom. The molecule has 1 aliphatic rings. The SMILES string of the molecule is Cc1cccc(C(=O)N2CCC(NS(=O)(=O)c3cccs3)CC2)c1C. The molecule has 1 amide bonds. The number of piperidine rings is 1. The van der Waals surface area contributed by atoms with Crippen LogP contribution in [0.25, 0.3) is 0 Å². The molecule has 1 aromatic carbocycles. The molecule has 1 saturated heterocycles. The van der Waals surface area contributed by atoms with E-state index in [9.17, 15) is 13.2 Å². The molecular formula is C18H22N2O3S2. The zero-order valence-electron chi connectivity index (χ0n) is 14.4. The van der Waals surface area contributed by atoms with Crippen LogP contribution >= 0.6 is 11.3 Å². The number of likely N-dealkylation sites (tertiary alicyclic amines) is 1. The van der Waals surface area contributed by atoms with Gasteiger partial charge in [0, 0.05) is 24.7 Å². The van der Waals surface area contributed by atoms with E-state index in [0.29, 0.717) is 30.1 Å². The molecule has 0 radical (unpaired) electrons. The molecule has 0 saturated carbocycles. The second-order valence-electron chi connectivity index (χ2n) is 6.37. The maximum atomic E-state index is 12.7. The largest absolute Gasteiger partial charge is 0.339 e. The summed E-state index contributed by atoms with van der Waals surface area (Å²) in [6, 6.07) is 8.96. The second-order valence-corrected chi connectivity index (χ2v) is 9.26. The van der Waals surface area contributed by atoms with Crippen LogP contribution < -0.4 is 4.72 Å². The van der Waals surface area contributed by atoms with E-state index in [1.807, 2.05) is 36.9 Å². The van der Waals surface area contributed by atoms with Crippen LogP contribution in [0.3, 0.4) is 0 Å². The molecule has 1 aromatic heterocycles. The normalized spacial score (nSPS) is 16.2. The fraction of sp³-hybridized carbons (Fsp3) is 0.389. The number of nitrogens with one attached hydrogen (secondary N) is 1. The summed E-state index contributed by atoms with van der Waals surface area (Å²) in [4.78, 5) is 14.6. The predicted octanol–water partition coefficient (Wildman–Crippen LogP) is 2.95. The van der Waals surface area contributed by atoms with E-state index in [4.69, 9.17) is 0 Å². The van der Waals surface area contributed by atoms with Crippen molar-refractivity contribution in [2.24, 2.45) is 0 Å². The Hall–Kier alpha value is -1.70. The van der Waals surface area contributed by atoms with Crippen molar-refractivity contribution in [3.05, 3.63) is 52.4 Å². The van der Waals surface area contributed by atoms with Crippen LogP contribution in [0.2, 0.25) is 0 Å². The minimum absolute atomic E-state index is 0.0285. The number of benzene rings is 1. The van der Waals surface area contributed by atoms with E-state index in [1.165, 1.54) is 11.3 Å². The summed E-state index contributed by atoms with van der Waals surface area (Å²) in [7, 11) is -3.45. The molecule has 5 nitrogen and oxygen atoms in total. The zero-order valence-corrected chi connectivity index (χ0v) is 16.0. The fourth-order valence-corrected chi connectivity index (χ4v) is 5.36. The van der Waals surface area contributed by atoms with E-state index in [2.05, 4.69) is 4.72 Å². The summed E-state index contributed by atoms with van der Waals surface area (Å²) in [5, 5.41) is 1.75. The Morgan fingerprint density at radius 2 is 1.88 bits per heavy atom. The highest BCUT2D eigenvalue weighted by Crippen LogP contribution is 2.21. The Morgan fingerprint density at radius 1 is 1.16 bits per heavy atom. The Balaban J connectivity index is 1.62. The number of rotatable bonds is 4. The molecule has 3 rings (SSSR count). The van der Waals surface area contributed by atoms with Gasteiger partial charge in [-0.15, -0.1) is 11.3 Å². The molecule has 2 heterocycles. The smallest absolute Gasteiger partial charge is 0.254 e. The van der Waals surface area contributed by atoms with Crippen LogP contribution in [0.15, 0.2) is 39.9 Å². The van der Waals surface area contributed by atoms with E-state index in [1.54, 1.807) is 17.5 Å². The number of amides is 1. The first-order valence-corrected chi connectivity index (χ1v) is 10.7. The van der Waals surface area contributed by atoms with Gasteiger partial charge in [0.05, 0.1) is 0 Å². The molecule has 2 aromatic rings. The third-order valence-electron chi connectivity index (χ3n) is 4.70. The molecular weight excluding hydrogens is 356 g/mol. The van der Waals surface area contributed by atoms with E-state index in [0.717, 1.165) is 16.7 Å². The number of hydrogen-bond acceptors (Lipinski definition) is 4. The summed E-state index contributed by atoms with van der Waals surface area (Å²) in [5.74, 6) is 0.0285. The predicted molar refractivity (Wildman–Crippen MR) is 99.5 cm³/mol. The maximum Gasteiger partial charge on any atom is 0.254 e. The molecule has 1 fully saturated rings. The summed E-state index contributed by atoms with van der Waals surface area (Å²) < 4.78 is 27.7. The van der Waals surface area contributed by atoms with Crippen LogP contribution in [0.5, 0.6) is 0 Å². The average Bonchev–Trinajstić information content (AvgIpc) is 3.13. The van der Waals surface area contributed by atoms with Gasteiger partial charge in [0.15, 0.2) is 0 Å². The first kappa shape index (κ1) is 18.1. The monoisotopic (exact) mass is 378 g/mol. The van der Waals surface area contributed by atoms with Gasteiger partial charge in [0.1, 0.15) is 4.21 Å². The van der Waals surface area contributed by atoms with Crippen molar-refractivity contribution in [1.29, 1.82) is 0 Å². The third-order valence-corrected chi connectivity index (χ3v) is 7.62. The number of aryl methyl sites for hydroxylation is 1. The fourth-order valence-electron chi connectivity index (χ4n) is 3.05. The number of nitrogens with zero attached hydrogens (tertiary/aromatic N) is 1. The molecule has 1 aliphatic heterocycles. The van der Waals surface area contributed by atoms with Gasteiger partial charge in [-0.1, -0.05) is 18.2 Å². The van der Waals surface area contributed by atoms with Crippen molar-refractivity contribution < 1.29 is 13.2 Å². The molecule has 0 bridgehead atoms. The van der Waals surface area contributed by atoms with Crippen LogP contribution in [-0.4, -0.2) is 38.4 Å². The second kappa shape index (κ2) is 7.27. The molecule has 7 heteroatoms. The van der Waals surface area contributed by atoms with Crippen LogP contribution in [-0.2, 0) is 10.0 Å². The van der Waals surface area contributed by atoms with Gasteiger partial charge in [-0.25, -0.2) is 13.1 Å². The first-order valence-electron chi connectivity index (χ1n) is 8.30. The minimum atomic E-state index is -3.45. The lowest BCUT2D eigenvalue weighted by molar-refractivity contribution is 0.0710. The van der Waals surface area contributed by atoms with Gasteiger partial charge < -0.3 is 4.90 Å². The molecule has 0 unspecified atom stereocenters. The molecule has 0 aliphatic carbocycles. The standard InChI is InChI=1S/C18H22N2O3S2/c1-13-5-3-6-16(14(13)2)18(21)20-10-8-15(9-11-20)19-25(22,23)17-7-4-12-24-17/h3-7,12,15,19H,8-11H2,1-2H3. The molecule has 25 heavy (non-hydrogen) atoms. The Labute approximate surface area is 152 Å². The maximum absolute atomic E-state index is 12.7. The van der Waals surface area contributed by atoms with Gasteiger partial charge >= 0.3 is 0 Å². The van der Waals surface area contributed by atoms with Crippen molar-refractivity contribution in [3.8, 4) is 0 Å². The van der Waals surface area contributed by atoms with Crippen LogP contribution in [0, 0.1) is 13.8 Å². The quantitative estimate of drug-likeness (QED) is 0.889. The van der Waals surface area contributed by atoms with Crippen molar-refractivity contribution >= 4 is 27.3 Å². The zero-order chi connectivity index (χ0) is 18.0. The lowest BCUT2D eigenvalue weighted by Crippen LogP contribution is -2.46. The molecule has 1 N–H and O–H groups in total. The summed E-state index contributed by atoms with van der Waals surface area (Å²) in [5.41, 5.74) is 2.84. The minimum Gasteiger partial charge on any atom is -0.339 e. The molecule has 0 spiro atoms. The highest BCUT2D eigenvalue weighted by molar-refractivity contribution is 7.91. The number of sulfonamides is 1. The first-order chi connectivity index (χ1) is 11.9. The molecule has 134 valence electrons. The van der Waals surface area contributed by atoms with Gasteiger partial charge in [-0.2, -0.15) is 0 Å². The summed E-state index contributed by atoms with van der Waals surface area (Å²) in [6.45, 7) is 5.08. The number of carbonyl (C=O) groups excluding carboxylic acids is 1. The number of thiophene rings is 1. The van der Waals surface area contributed by atoms with Crippen LogP contribution in [0.1, 0.15) is 34.3 Å². The molecule has 0 atom stereocenters. The highest BCUT2D eigenvalue weighted by Gasteiger charge is 2.28. The Kier molecular flexibility index (Phi) is 5.27. The average molecular weight is 379 g/mol. The van der Waals surface area contributed by atoms with Crippen molar-refractivity contribution in [1.82, 2.24) is 9.62 Å². The number of hydrogen-bond donors (Lipinski definition) is 1. The van der Waals surface area contributed by atoms with Crippen molar-refractivity contribution in [3.63, 3.8) is 0 Å². The van der Waals surface area contributed by atoms with Crippen LogP contribution in [0.4, 0.5) is 0 Å². The lowest BCUT2D eigenvalue weighted by Gasteiger charge is -2.32. The number of carbonyl (C=O) groups is 1. The van der Waals surface area contributed by atoms with Crippen molar-refractivity contribution in [2.75, 3.05) is 13.1 Å². The topological polar surface area (TPSA) is 66.5 Å². The van der Waals surface area contributed by atoms with E-state index >= 15 is 0 Å². The van der Waals surface area contributed by atoms with Gasteiger partial charge in [-0.3, -0.25) is 4.79 Å². The lowest BCUT2D eigenvalue weighted by atomic mass is 10.0. The Bertz CT molecular complexity index is 852. The highest BCUT2D eigenvalue weighted by atomic mass is 32.2. The summed E-state index contributed by atoms with van der Waals surface area (Å²) >= 11 is 1.21. The van der Waals surface area contributed by atoms with Crippen molar-refractivity contribution in [2.45, 2.75) is 36.9 Å². The van der Waals surface area contributed by atoms with Gasteiger partial charge in [0.25, 0.3) is 5.91 Å². The third kappa shape index (κ3) is 3.94. The van der Waals surface area contributed by atoms with E-state index in [-0.39, 0.29) is 11.9 Å². The van der Waals surface area contributed by atoms with E-state index < -0.39 is 10.0 Å².